The summed E-state index contributed by atoms with van der Waals surface area (Å²) in [6.45, 7) is 6.20. The van der Waals surface area contributed by atoms with E-state index in [0.717, 1.165) is 60.1 Å². The number of nitrogens with zero attached hydrogens (tertiary/aromatic N) is 5. The van der Waals surface area contributed by atoms with E-state index in [2.05, 4.69) is 47.1 Å². The predicted molar refractivity (Wildman–Crippen MR) is 117 cm³/mol. The number of aromatic nitrogens is 3. The first-order valence-electron chi connectivity index (χ1n) is 9.63. The Balaban J connectivity index is 1.52. The van der Waals surface area contributed by atoms with Gasteiger partial charge in [-0.3, -0.25) is 4.90 Å². The van der Waals surface area contributed by atoms with Crippen molar-refractivity contribution in [3.8, 4) is 5.75 Å². The van der Waals surface area contributed by atoms with Crippen molar-refractivity contribution in [2.24, 2.45) is 0 Å². The lowest BCUT2D eigenvalue weighted by atomic mass is 10.2. The number of hydrogen-bond acceptors (Lipinski definition) is 7. The topological polar surface area (TPSA) is 78.2 Å². The van der Waals surface area contributed by atoms with Crippen molar-refractivity contribution in [3.63, 3.8) is 0 Å². The number of aliphatic hydroxyl groups is 1. The maximum absolute atomic E-state index is 9.59. The quantitative estimate of drug-likeness (QED) is 0.585. The smallest absolute Gasteiger partial charge is 0.180 e. The summed E-state index contributed by atoms with van der Waals surface area (Å²) in [6, 6.07) is 6.09. The second kappa shape index (κ2) is 8.56. The van der Waals surface area contributed by atoms with Crippen molar-refractivity contribution < 1.29 is 9.84 Å². The molecule has 4 rings (SSSR count). The van der Waals surface area contributed by atoms with E-state index in [4.69, 9.17) is 4.74 Å². The molecule has 1 fully saturated rings. The molecule has 2 aromatic heterocycles. The first-order valence-corrected chi connectivity index (χ1v) is 10.4. The third-order valence-corrected chi connectivity index (χ3v) is 5.40. The van der Waals surface area contributed by atoms with Crippen molar-refractivity contribution >= 4 is 38.8 Å². The molecule has 8 nitrogen and oxygen atoms in total. The van der Waals surface area contributed by atoms with Crippen LogP contribution in [0.5, 0.6) is 5.75 Å². The molecule has 1 atom stereocenters. The van der Waals surface area contributed by atoms with Crippen LogP contribution in [0, 0.1) is 0 Å². The molecule has 9 heteroatoms. The van der Waals surface area contributed by atoms with E-state index in [-0.39, 0.29) is 6.10 Å². The molecule has 3 aromatic rings. The minimum atomic E-state index is -0.297. The first kappa shape index (κ1) is 19.9. The minimum absolute atomic E-state index is 0.297. The standard InChI is InChI=1S/C20H25BrN6O2/c1-14(28)12-25-7-9-26(10-8-25)16-4-3-15(11-17(16)29-2)23-19-20-22-5-6-27(20)13-18(21)24-19/h3-6,11,13-14,28H,7-10,12H2,1-2H3,(H,23,24)/t14-/m0/s1. The Bertz CT molecular complexity index is 984. The SMILES string of the molecule is COc1cc(Nc2nc(Br)cn3ccnc23)ccc1N1CCN(C[C@H](C)O)CC1. The Labute approximate surface area is 178 Å². The third-order valence-electron chi connectivity index (χ3n) is 5.02. The summed E-state index contributed by atoms with van der Waals surface area (Å²) in [6.07, 6.45) is 5.20. The van der Waals surface area contributed by atoms with Crippen LogP contribution >= 0.6 is 15.9 Å². The van der Waals surface area contributed by atoms with Crippen molar-refractivity contribution in [1.82, 2.24) is 19.3 Å². The molecular weight excluding hydrogens is 436 g/mol. The average Bonchev–Trinajstić information content (AvgIpc) is 3.17. The zero-order valence-corrected chi connectivity index (χ0v) is 18.1. The fraction of sp³-hybridized carbons (Fsp3) is 0.400. The van der Waals surface area contributed by atoms with E-state index in [1.807, 2.05) is 35.9 Å². The van der Waals surface area contributed by atoms with Gasteiger partial charge in [-0.1, -0.05) is 0 Å². The van der Waals surface area contributed by atoms with Crippen LogP contribution in [0.1, 0.15) is 6.92 Å². The molecule has 0 unspecified atom stereocenters. The van der Waals surface area contributed by atoms with Gasteiger partial charge in [-0.2, -0.15) is 0 Å². The van der Waals surface area contributed by atoms with Gasteiger partial charge < -0.3 is 24.5 Å². The van der Waals surface area contributed by atoms with Gasteiger partial charge in [0.2, 0.25) is 0 Å². The highest BCUT2D eigenvalue weighted by atomic mass is 79.9. The molecular formula is C20H25BrN6O2. The molecule has 1 aliphatic heterocycles. The summed E-state index contributed by atoms with van der Waals surface area (Å²) in [7, 11) is 1.69. The number of imidazole rings is 1. The number of aliphatic hydroxyl groups excluding tert-OH is 1. The van der Waals surface area contributed by atoms with Crippen LogP contribution in [0.4, 0.5) is 17.2 Å². The van der Waals surface area contributed by atoms with E-state index in [1.165, 1.54) is 0 Å². The van der Waals surface area contributed by atoms with E-state index in [0.29, 0.717) is 5.82 Å². The molecule has 1 saturated heterocycles. The van der Waals surface area contributed by atoms with E-state index in [9.17, 15) is 5.11 Å². The molecule has 154 valence electrons. The van der Waals surface area contributed by atoms with Gasteiger partial charge >= 0.3 is 0 Å². The Kier molecular flexibility index (Phi) is 5.89. The summed E-state index contributed by atoms with van der Waals surface area (Å²) in [4.78, 5) is 13.5. The molecule has 3 heterocycles. The lowest BCUT2D eigenvalue weighted by molar-refractivity contribution is 0.122. The Morgan fingerprint density at radius 2 is 2.07 bits per heavy atom. The van der Waals surface area contributed by atoms with Crippen LogP contribution < -0.4 is 15.0 Å². The van der Waals surface area contributed by atoms with E-state index >= 15 is 0 Å². The second-order valence-electron chi connectivity index (χ2n) is 7.22. The molecule has 29 heavy (non-hydrogen) atoms. The van der Waals surface area contributed by atoms with Crippen LogP contribution in [0.15, 0.2) is 41.4 Å². The Morgan fingerprint density at radius 1 is 1.28 bits per heavy atom. The fourth-order valence-electron chi connectivity index (χ4n) is 3.68. The lowest BCUT2D eigenvalue weighted by Crippen LogP contribution is -2.48. The molecule has 0 amide bonds. The molecule has 0 bridgehead atoms. The monoisotopic (exact) mass is 460 g/mol. The highest BCUT2D eigenvalue weighted by molar-refractivity contribution is 9.10. The fourth-order valence-corrected chi connectivity index (χ4v) is 4.08. The molecule has 0 spiro atoms. The van der Waals surface area contributed by atoms with Crippen molar-refractivity contribution in [2.75, 3.05) is 50.1 Å². The molecule has 2 N–H and O–H groups in total. The summed E-state index contributed by atoms with van der Waals surface area (Å²) in [5.74, 6) is 1.49. The third kappa shape index (κ3) is 4.47. The number of benzene rings is 1. The zero-order valence-electron chi connectivity index (χ0n) is 16.5. The van der Waals surface area contributed by atoms with Crippen LogP contribution in [0.2, 0.25) is 0 Å². The number of halogens is 1. The molecule has 0 radical (unpaired) electrons. The van der Waals surface area contributed by atoms with Crippen molar-refractivity contribution in [2.45, 2.75) is 13.0 Å². The number of methoxy groups -OCH3 is 1. The molecule has 1 aliphatic rings. The highest BCUT2D eigenvalue weighted by Crippen LogP contribution is 2.33. The van der Waals surface area contributed by atoms with Gasteiger partial charge in [0.15, 0.2) is 11.5 Å². The maximum Gasteiger partial charge on any atom is 0.180 e. The van der Waals surface area contributed by atoms with Gasteiger partial charge in [-0.25, -0.2) is 9.97 Å². The number of hydrogen-bond donors (Lipinski definition) is 2. The largest absolute Gasteiger partial charge is 0.495 e. The minimum Gasteiger partial charge on any atom is -0.495 e. The number of fused-ring (bicyclic) bond motifs is 1. The van der Waals surface area contributed by atoms with E-state index < -0.39 is 0 Å². The highest BCUT2D eigenvalue weighted by Gasteiger charge is 2.21. The Hall–Kier alpha value is -2.36. The van der Waals surface area contributed by atoms with Gasteiger partial charge in [0.25, 0.3) is 0 Å². The van der Waals surface area contributed by atoms with Gasteiger partial charge in [-0.05, 0) is 35.0 Å². The van der Waals surface area contributed by atoms with Gasteiger partial charge in [0.1, 0.15) is 10.4 Å². The van der Waals surface area contributed by atoms with E-state index in [1.54, 1.807) is 13.3 Å². The van der Waals surface area contributed by atoms with Crippen LogP contribution in [0.25, 0.3) is 5.65 Å². The number of piperazine rings is 1. The van der Waals surface area contributed by atoms with Crippen molar-refractivity contribution in [1.29, 1.82) is 0 Å². The molecule has 0 saturated carbocycles. The lowest BCUT2D eigenvalue weighted by Gasteiger charge is -2.37. The predicted octanol–water partition coefficient (Wildman–Crippen LogP) is 2.75. The molecule has 0 aliphatic carbocycles. The number of β-amino-alcohol motifs (C(OH)–C–C–N with tert-alkyl or cyclic N) is 1. The van der Waals surface area contributed by atoms with Crippen molar-refractivity contribution in [3.05, 3.63) is 41.4 Å². The Morgan fingerprint density at radius 3 is 2.79 bits per heavy atom. The van der Waals surface area contributed by atoms with Gasteiger partial charge in [-0.15, -0.1) is 0 Å². The van der Waals surface area contributed by atoms with Crippen LogP contribution in [-0.2, 0) is 0 Å². The number of ether oxygens (including phenoxy) is 1. The van der Waals surface area contributed by atoms with Gasteiger partial charge in [0, 0.05) is 63.1 Å². The summed E-state index contributed by atoms with van der Waals surface area (Å²) >= 11 is 3.44. The number of nitrogens with one attached hydrogen (secondary N) is 1. The summed E-state index contributed by atoms with van der Waals surface area (Å²) in [5.41, 5.74) is 2.71. The normalized spacial score (nSPS) is 16.2. The van der Waals surface area contributed by atoms with Crippen LogP contribution in [-0.4, -0.2) is 70.3 Å². The van der Waals surface area contributed by atoms with Gasteiger partial charge in [0.05, 0.1) is 18.9 Å². The number of anilines is 3. The summed E-state index contributed by atoms with van der Waals surface area (Å²) < 4.78 is 8.32. The molecule has 1 aromatic carbocycles. The first-order chi connectivity index (χ1) is 14.0. The number of rotatable bonds is 6. The average molecular weight is 461 g/mol. The van der Waals surface area contributed by atoms with Crippen LogP contribution in [0.3, 0.4) is 0 Å². The second-order valence-corrected chi connectivity index (χ2v) is 8.03. The summed E-state index contributed by atoms with van der Waals surface area (Å²) in [5, 5.41) is 12.9. The zero-order chi connectivity index (χ0) is 20.4. The maximum atomic E-state index is 9.59.